The smallest absolute Gasteiger partial charge is 0.170 e. The van der Waals surface area contributed by atoms with E-state index in [0.29, 0.717) is 0 Å². The van der Waals surface area contributed by atoms with Crippen LogP contribution < -0.4 is 0 Å². The molecule has 0 radical (unpaired) electrons. The van der Waals surface area contributed by atoms with Gasteiger partial charge in [0.2, 0.25) is 0 Å². The van der Waals surface area contributed by atoms with Crippen LogP contribution >= 0.6 is 0 Å². The zero-order valence-corrected chi connectivity index (χ0v) is 13.8. The molecule has 0 aromatic carbocycles. The van der Waals surface area contributed by atoms with Gasteiger partial charge in [-0.2, -0.15) is 0 Å². The fourth-order valence-electron chi connectivity index (χ4n) is 4.14. The van der Waals surface area contributed by atoms with Gasteiger partial charge < -0.3 is 9.47 Å². The summed E-state index contributed by atoms with van der Waals surface area (Å²) in [6.07, 6.45) is 7.16. The molecule has 116 valence electrons. The second-order valence-electron chi connectivity index (χ2n) is 7.70. The van der Waals surface area contributed by atoms with Crippen molar-refractivity contribution in [1.29, 1.82) is 0 Å². The number of methoxy groups -OCH3 is 1. The molecular formula is C17H30O3. The predicted octanol–water partition coefficient (Wildman–Crippen LogP) is 3.89. The minimum absolute atomic E-state index is 0.0597. The molecule has 2 rings (SSSR count). The Kier molecular flexibility index (Phi) is 4.32. The minimum Gasteiger partial charge on any atom is -0.370 e. The number of carbonyl (C=O) groups is 1. The second-order valence-corrected chi connectivity index (χ2v) is 7.70. The quantitative estimate of drug-likeness (QED) is 0.737. The van der Waals surface area contributed by atoms with Gasteiger partial charge in [0.1, 0.15) is 5.60 Å². The molecule has 0 N–H and O–H groups in total. The summed E-state index contributed by atoms with van der Waals surface area (Å²) < 4.78 is 11.9. The number of ketones is 1. The fourth-order valence-corrected chi connectivity index (χ4v) is 4.14. The largest absolute Gasteiger partial charge is 0.370 e. The molecule has 3 nitrogen and oxygen atoms in total. The predicted molar refractivity (Wildman–Crippen MR) is 79.8 cm³/mol. The standard InChI is InChI=1S/C17H30O3/c1-15(2)12-13(16(3,4)20-15)14(18)17(19-5)10-8-6-7-9-11-17/h13H,6-12H2,1-5H3. The van der Waals surface area contributed by atoms with Crippen LogP contribution in [0.1, 0.15) is 72.6 Å². The zero-order chi connectivity index (χ0) is 15.0. The van der Waals surface area contributed by atoms with Gasteiger partial charge in [0.05, 0.1) is 17.1 Å². The molecule has 1 saturated heterocycles. The van der Waals surface area contributed by atoms with Gasteiger partial charge in [0.25, 0.3) is 0 Å². The number of carbonyl (C=O) groups excluding carboxylic acids is 1. The molecule has 0 spiro atoms. The van der Waals surface area contributed by atoms with E-state index in [4.69, 9.17) is 9.47 Å². The molecule has 1 unspecified atom stereocenters. The number of Topliss-reactive ketones (excluding diaryl/α,β-unsaturated/α-hetero) is 1. The van der Waals surface area contributed by atoms with Gasteiger partial charge in [-0.05, 0) is 47.0 Å². The summed E-state index contributed by atoms with van der Waals surface area (Å²) in [5.74, 6) is 0.216. The highest BCUT2D eigenvalue weighted by molar-refractivity contribution is 5.90. The second kappa shape index (κ2) is 5.42. The number of hydrogen-bond donors (Lipinski definition) is 0. The Hall–Kier alpha value is -0.410. The van der Waals surface area contributed by atoms with Gasteiger partial charge >= 0.3 is 0 Å². The van der Waals surface area contributed by atoms with Crippen LogP contribution in [-0.4, -0.2) is 29.7 Å². The van der Waals surface area contributed by atoms with E-state index in [0.717, 1.165) is 32.1 Å². The van der Waals surface area contributed by atoms with Crippen LogP contribution in [-0.2, 0) is 14.3 Å². The van der Waals surface area contributed by atoms with E-state index in [1.54, 1.807) is 7.11 Å². The molecule has 0 bridgehead atoms. The average molecular weight is 282 g/mol. The SMILES string of the molecule is COC1(C(=O)C2CC(C)(C)OC2(C)C)CCCCCC1. The summed E-state index contributed by atoms with van der Waals surface area (Å²) in [5, 5.41) is 0. The average Bonchev–Trinajstić information content (AvgIpc) is 2.55. The summed E-state index contributed by atoms with van der Waals surface area (Å²) in [5.41, 5.74) is -1.18. The summed E-state index contributed by atoms with van der Waals surface area (Å²) in [6, 6.07) is 0. The Morgan fingerprint density at radius 3 is 2.00 bits per heavy atom. The van der Waals surface area contributed by atoms with Crippen molar-refractivity contribution in [2.75, 3.05) is 7.11 Å². The molecule has 20 heavy (non-hydrogen) atoms. The first-order valence-electron chi connectivity index (χ1n) is 8.02. The van der Waals surface area contributed by atoms with Gasteiger partial charge in [-0.15, -0.1) is 0 Å². The van der Waals surface area contributed by atoms with E-state index in [2.05, 4.69) is 13.8 Å². The van der Waals surface area contributed by atoms with Crippen molar-refractivity contribution in [2.24, 2.45) is 5.92 Å². The molecule has 1 aliphatic carbocycles. The lowest BCUT2D eigenvalue weighted by molar-refractivity contribution is -0.153. The first kappa shape index (κ1) is 16.0. The van der Waals surface area contributed by atoms with Crippen LogP contribution in [0.15, 0.2) is 0 Å². The molecule has 2 fully saturated rings. The van der Waals surface area contributed by atoms with E-state index in [1.165, 1.54) is 12.8 Å². The first-order valence-corrected chi connectivity index (χ1v) is 8.02. The molecule has 0 aromatic heterocycles. The van der Waals surface area contributed by atoms with Gasteiger partial charge in [0, 0.05) is 7.11 Å². The summed E-state index contributed by atoms with van der Waals surface area (Å²) in [4.78, 5) is 13.2. The maximum atomic E-state index is 13.2. The van der Waals surface area contributed by atoms with Crippen molar-refractivity contribution in [1.82, 2.24) is 0 Å². The van der Waals surface area contributed by atoms with Crippen LogP contribution in [0.4, 0.5) is 0 Å². The van der Waals surface area contributed by atoms with Gasteiger partial charge in [-0.25, -0.2) is 0 Å². The van der Waals surface area contributed by atoms with E-state index < -0.39 is 11.2 Å². The van der Waals surface area contributed by atoms with Crippen molar-refractivity contribution in [3.05, 3.63) is 0 Å². The molecule has 2 aliphatic rings. The highest BCUT2D eigenvalue weighted by Crippen LogP contribution is 2.46. The van der Waals surface area contributed by atoms with E-state index in [1.807, 2.05) is 13.8 Å². The Labute approximate surface area is 123 Å². The third-order valence-corrected chi connectivity index (χ3v) is 5.14. The first-order chi connectivity index (χ1) is 9.22. The van der Waals surface area contributed by atoms with Crippen LogP contribution in [0.5, 0.6) is 0 Å². The normalized spacial score (nSPS) is 31.8. The molecule has 3 heteroatoms. The van der Waals surface area contributed by atoms with E-state index >= 15 is 0 Å². The molecule has 0 aromatic rings. The Morgan fingerprint density at radius 1 is 1.05 bits per heavy atom. The highest BCUT2D eigenvalue weighted by atomic mass is 16.5. The lowest BCUT2D eigenvalue weighted by atomic mass is 9.75. The van der Waals surface area contributed by atoms with Crippen molar-refractivity contribution >= 4 is 5.78 Å². The Bertz CT molecular complexity index is 362. The fraction of sp³-hybridized carbons (Fsp3) is 0.941. The third-order valence-electron chi connectivity index (χ3n) is 5.14. The molecule has 1 heterocycles. The molecule has 1 aliphatic heterocycles. The molecule has 0 amide bonds. The Balaban J connectivity index is 2.24. The van der Waals surface area contributed by atoms with Gasteiger partial charge in [0.15, 0.2) is 5.78 Å². The maximum absolute atomic E-state index is 13.2. The maximum Gasteiger partial charge on any atom is 0.170 e. The third kappa shape index (κ3) is 2.94. The lowest BCUT2D eigenvalue weighted by Gasteiger charge is -2.35. The van der Waals surface area contributed by atoms with Crippen molar-refractivity contribution in [3.8, 4) is 0 Å². The minimum atomic E-state index is -0.567. The highest BCUT2D eigenvalue weighted by Gasteiger charge is 2.54. The summed E-state index contributed by atoms with van der Waals surface area (Å²) >= 11 is 0. The van der Waals surface area contributed by atoms with Gasteiger partial charge in [-0.3, -0.25) is 4.79 Å². The van der Waals surface area contributed by atoms with Crippen LogP contribution in [0.3, 0.4) is 0 Å². The number of hydrogen-bond acceptors (Lipinski definition) is 3. The summed E-state index contributed by atoms with van der Waals surface area (Å²) in [6.45, 7) is 8.25. The topological polar surface area (TPSA) is 35.5 Å². The lowest BCUT2D eigenvalue weighted by Crippen LogP contribution is -2.48. The molecular weight excluding hydrogens is 252 g/mol. The van der Waals surface area contributed by atoms with Crippen LogP contribution in [0, 0.1) is 5.92 Å². The van der Waals surface area contributed by atoms with Crippen LogP contribution in [0.2, 0.25) is 0 Å². The van der Waals surface area contributed by atoms with Crippen molar-refractivity contribution in [2.45, 2.75) is 89.4 Å². The zero-order valence-electron chi connectivity index (χ0n) is 13.8. The van der Waals surface area contributed by atoms with Crippen molar-refractivity contribution < 1.29 is 14.3 Å². The molecule has 1 atom stereocenters. The van der Waals surface area contributed by atoms with E-state index in [-0.39, 0.29) is 17.3 Å². The Morgan fingerprint density at radius 2 is 1.60 bits per heavy atom. The summed E-state index contributed by atoms with van der Waals surface area (Å²) in [7, 11) is 1.71. The number of ether oxygens (including phenoxy) is 2. The van der Waals surface area contributed by atoms with Gasteiger partial charge in [-0.1, -0.05) is 25.7 Å². The van der Waals surface area contributed by atoms with E-state index in [9.17, 15) is 4.79 Å². The molecule has 1 saturated carbocycles. The monoisotopic (exact) mass is 282 g/mol. The van der Waals surface area contributed by atoms with Crippen LogP contribution in [0.25, 0.3) is 0 Å². The number of rotatable bonds is 3. The van der Waals surface area contributed by atoms with Crippen molar-refractivity contribution in [3.63, 3.8) is 0 Å².